The third kappa shape index (κ3) is 3.65. The summed E-state index contributed by atoms with van der Waals surface area (Å²) in [6.07, 6.45) is 7.06. The van der Waals surface area contributed by atoms with Crippen LogP contribution >= 0.6 is 0 Å². The molecule has 0 saturated carbocycles. The van der Waals surface area contributed by atoms with E-state index in [1.54, 1.807) is 0 Å². The number of nitrogens with one attached hydrogen (secondary N) is 1. The first-order valence-corrected chi connectivity index (χ1v) is 8.13. The van der Waals surface area contributed by atoms with Gasteiger partial charge in [0.05, 0.1) is 24.4 Å². The molecule has 2 aliphatic rings. The van der Waals surface area contributed by atoms with Gasteiger partial charge in [0.15, 0.2) is 0 Å². The van der Waals surface area contributed by atoms with E-state index >= 15 is 0 Å². The summed E-state index contributed by atoms with van der Waals surface area (Å²) in [5.74, 6) is 0. The summed E-state index contributed by atoms with van der Waals surface area (Å²) in [7, 11) is 0. The Labute approximate surface area is 127 Å². The number of hydrogen-bond donors (Lipinski definition) is 1. The molecule has 2 fully saturated rings. The zero-order valence-electron chi connectivity index (χ0n) is 13.5. The van der Waals surface area contributed by atoms with Crippen molar-refractivity contribution < 1.29 is 4.74 Å². The van der Waals surface area contributed by atoms with Gasteiger partial charge in [-0.25, -0.2) is 0 Å². The minimum absolute atomic E-state index is 0.0511. The van der Waals surface area contributed by atoms with E-state index in [1.165, 1.54) is 24.9 Å². The second-order valence-electron chi connectivity index (χ2n) is 7.34. The lowest BCUT2D eigenvalue weighted by atomic mass is 10.1. The van der Waals surface area contributed by atoms with Gasteiger partial charge in [0, 0.05) is 37.4 Å². The third-order valence-electron chi connectivity index (χ3n) is 4.49. The Morgan fingerprint density at radius 3 is 3.05 bits per heavy atom. The fraction of sp³-hybridized carbons (Fsp3) is 0.812. The highest BCUT2D eigenvalue weighted by Gasteiger charge is 2.31. The van der Waals surface area contributed by atoms with E-state index in [0.29, 0.717) is 12.1 Å². The Bertz CT molecular complexity index is 465. The maximum Gasteiger partial charge on any atom is 0.0827 e. The molecule has 2 aliphatic heterocycles. The van der Waals surface area contributed by atoms with Gasteiger partial charge in [-0.05, 0) is 40.2 Å². The van der Waals surface area contributed by atoms with Gasteiger partial charge in [-0.3, -0.25) is 9.58 Å². The molecular weight excluding hydrogens is 264 g/mol. The first-order chi connectivity index (χ1) is 10.0. The van der Waals surface area contributed by atoms with E-state index < -0.39 is 0 Å². The zero-order chi connectivity index (χ0) is 14.9. The number of morpholine rings is 1. The average molecular weight is 292 g/mol. The van der Waals surface area contributed by atoms with Crippen LogP contribution in [0.4, 0.5) is 0 Å². The van der Waals surface area contributed by atoms with Gasteiger partial charge in [0.2, 0.25) is 0 Å². The number of ether oxygens (including phenoxy) is 1. The van der Waals surface area contributed by atoms with Crippen LogP contribution in [0.25, 0.3) is 0 Å². The van der Waals surface area contributed by atoms with Crippen molar-refractivity contribution in [3.8, 4) is 0 Å². The maximum atomic E-state index is 5.96. The molecule has 3 heterocycles. The molecule has 118 valence electrons. The van der Waals surface area contributed by atoms with Crippen molar-refractivity contribution in [2.24, 2.45) is 0 Å². The van der Waals surface area contributed by atoms with Crippen molar-refractivity contribution in [1.29, 1.82) is 0 Å². The number of rotatable bonds is 4. The number of fused-ring (bicyclic) bond motifs is 1. The van der Waals surface area contributed by atoms with Crippen LogP contribution in [0.2, 0.25) is 0 Å². The van der Waals surface area contributed by atoms with E-state index in [9.17, 15) is 0 Å². The van der Waals surface area contributed by atoms with Crippen molar-refractivity contribution in [3.05, 3.63) is 18.0 Å². The second kappa shape index (κ2) is 6.07. The van der Waals surface area contributed by atoms with E-state index in [1.807, 2.05) is 10.9 Å². The lowest BCUT2D eigenvalue weighted by Crippen LogP contribution is -2.49. The summed E-state index contributed by atoms with van der Waals surface area (Å²) < 4.78 is 7.99. The first kappa shape index (κ1) is 15.0. The zero-order valence-corrected chi connectivity index (χ0v) is 13.5. The molecule has 1 aromatic heterocycles. The van der Waals surface area contributed by atoms with Crippen LogP contribution < -0.4 is 5.32 Å². The molecule has 1 aromatic rings. The molecule has 5 nitrogen and oxygen atoms in total. The van der Waals surface area contributed by atoms with Crippen molar-refractivity contribution in [1.82, 2.24) is 20.0 Å². The predicted molar refractivity (Wildman–Crippen MR) is 83.3 cm³/mol. The van der Waals surface area contributed by atoms with Gasteiger partial charge in [0.1, 0.15) is 0 Å². The van der Waals surface area contributed by atoms with Crippen LogP contribution in [-0.2, 0) is 16.8 Å². The highest BCUT2D eigenvalue weighted by atomic mass is 16.5. The second-order valence-corrected chi connectivity index (χ2v) is 7.34. The number of aromatic nitrogens is 2. The summed E-state index contributed by atoms with van der Waals surface area (Å²) in [5, 5.41) is 7.94. The van der Waals surface area contributed by atoms with Gasteiger partial charge in [-0.15, -0.1) is 0 Å². The standard InChI is InChI=1S/C16H28N4O/c1-16(2,3)20-10-13(8-18-20)7-17-9-15-11-19-6-4-5-14(19)12-21-15/h8,10,14-15,17H,4-7,9,11-12H2,1-3H3. The van der Waals surface area contributed by atoms with Gasteiger partial charge >= 0.3 is 0 Å². The molecule has 0 aliphatic carbocycles. The van der Waals surface area contributed by atoms with Crippen molar-refractivity contribution >= 4 is 0 Å². The number of hydrogen-bond acceptors (Lipinski definition) is 4. The molecule has 2 saturated heterocycles. The molecule has 0 spiro atoms. The first-order valence-electron chi connectivity index (χ1n) is 8.13. The predicted octanol–water partition coefficient (Wildman–Crippen LogP) is 1.59. The topological polar surface area (TPSA) is 42.3 Å². The molecule has 5 heteroatoms. The summed E-state index contributed by atoms with van der Waals surface area (Å²) in [5.41, 5.74) is 1.29. The fourth-order valence-corrected chi connectivity index (χ4v) is 3.20. The summed E-state index contributed by atoms with van der Waals surface area (Å²) in [6.45, 7) is 11.5. The van der Waals surface area contributed by atoms with E-state index in [-0.39, 0.29) is 5.54 Å². The molecule has 2 unspecified atom stereocenters. The Balaban J connectivity index is 1.43. The Kier molecular flexibility index (Phi) is 4.33. The van der Waals surface area contributed by atoms with Crippen molar-refractivity contribution in [2.75, 3.05) is 26.2 Å². The van der Waals surface area contributed by atoms with Crippen LogP contribution in [0.5, 0.6) is 0 Å². The smallest absolute Gasteiger partial charge is 0.0827 e. The maximum absolute atomic E-state index is 5.96. The molecule has 0 bridgehead atoms. The average Bonchev–Trinajstić information content (AvgIpc) is 3.05. The summed E-state index contributed by atoms with van der Waals surface area (Å²) >= 11 is 0. The third-order valence-corrected chi connectivity index (χ3v) is 4.49. The van der Waals surface area contributed by atoms with Crippen LogP contribution in [0.3, 0.4) is 0 Å². The fourth-order valence-electron chi connectivity index (χ4n) is 3.20. The van der Waals surface area contributed by atoms with Crippen LogP contribution in [0.1, 0.15) is 39.2 Å². The molecule has 1 N–H and O–H groups in total. The quantitative estimate of drug-likeness (QED) is 0.915. The molecule has 0 radical (unpaired) electrons. The van der Waals surface area contributed by atoms with Gasteiger partial charge < -0.3 is 10.1 Å². The van der Waals surface area contributed by atoms with Crippen molar-refractivity contribution in [3.63, 3.8) is 0 Å². The van der Waals surface area contributed by atoms with Crippen LogP contribution in [-0.4, -0.2) is 53.1 Å². The highest BCUT2D eigenvalue weighted by Crippen LogP contribution is 2.22. The molecule has 21 heavy (non-hydrogen) atoms. The van der Waals surface area contributed by atoms with E-state index in [2.05, 4.69) is 42.3 Å². The van der Waals surface area contributed by atoms with E-state index in [4.69, 9.17) is 4.74 Å². The van der Waals surface area contributed by atoms with E-state index in [0.717, 1.165) is 26.2 Å². The Morgan fingerprint density at radius 1 is 1.43 bits per heavy atom. The lowest BCUT2D eigenvalue weighted by molar-refractivity contribution is -0.0470. The molecule has 0 amide bonds. The SMILES string of the molecule is CC(C)(C)n1cc(CNCC2CN3CCCC3CO2)cn1. The summed E-state index contributed by atoms with van der Waals surface area (Å²) in [4.78, 5) is 2.59. The Hall–Kier alpha value is -0.910. The lowest BCUT2D eigenvalue weighted by Gasteiger charge is -2.35. The van der Waals surface area contributed by atoms with Gasteiger partial charge in [-0.2, -0.15) is 5.10 Å². The van der Waals surface area contributed by atoms with Crippen LogP contribution in [0.15, 0.2) is 12.4 Å². The molecular formula is C16H28N4O. The number of nitrogens with zero attached hydrogens (tertiary/aromatic N) is 3. The minimum atomic E-state index is 0.0511. The van der Waals surface area contributed by atoms with Gasteiger partial charge in [0.25, 0.3) is 0 Å². The monoisotopic (exact) mass is 292 g/mol. The normalized spacial score (nSPS) is 27.0. The minimum Gasteiger partial charge on any atom is -0.374 e. The molecule has 2 atom stereocenters. The van der Waals surface area contributed by atoms with Crippen molar-refractivity contribution in [2.45, 2.75) is 57.8 Å². The largest absolute Gasteiger partial charge is 0.374 e. The van der Waals surface area contributed by atoms with Crippen LogP contribution in [0, 0.1) is 0 Å². The Morgan fingerprint density at radius 2 is 2.29 bits per heavy atom. The molecule has 3 rings (SSSR count). The molecule has 0 aromatic carbocycles. The highest BCUT2D eigenvalue weighted by molar-refractivity contribution is 5.05. The summed E-state index contributed by atoms with van der Waals surface area (Å²) in [6, 6.07) is 0.686. The van der Waals surface area contributed by atoms with Gasteiger partial charge in [-0.1, -0.05) is 0 Å².